The van der Waals surface area contributed by atoms with E-state index in [0.29, 0.717) is 23.3 Å². The average Bonchev–Trinajstić information content (AvgIpc) is 3.08. The fourth-order valence-electron chi connectivity index (χ4n) is 2.64. The lowest BCUT2D eigenvalue weighted by molar-refractivity contribution is -0.139. The summed E-state index contributed by atoms with van der Waals surface area (Å²) < 4.78 is 34.3. The lowest BCUT2D eigenvalue weighted by Crippen LogP contribution is -2.12. The summed E-state index contributed by atoms with van der Waals surface area (Å²) in [5.41, 5.74) is 2.20. The summed E-state index contributed by atoms with van der Waals surface area (Å²) in [7, 11) is -1.86. The van der Waals surface area contributed by atoms with Crippen LogP contribution in [-0.4, -0.2) is 41.5 Å². The number of nitrogens with zero attached hydrogens (tertiary/aromatic N) is 3. The van der Waals surface area contributed by atoms with E-state index < -0.39 is 10.0 Å². The molecule has 0 saturated carbocycles. The van der Waals surface area contributed by atoms with E-state index in [0.717, 1.165) is 11.1 Å². The molecule has 3 rings (SSSR count). The summed E-state index contributed by atoms with van der Waals surface area (Å²) in [4.78, 5) is 11.7. The van der Waals surface area contributed by atoms with Crippen LogP contribution in [0.2, 0.25) is 0 Å². The van der Waals surface area contributed by atoms with Gasteiger partial charge >= 0.3 is 5.97 Å². The zero-order valence-corrected chi connectivity index (χ0v) is 18.5. The molecule has 0 saturated heterocycles. The summed E-state index contributed by atoms with van der Waals surface area (Å²) in [6.45, 7) is 3.99. The SMILES string of the molecule is CCOC(=O)CSc1nnc(-c2ccc(NS(=O)(=O)c3ccc(C)cc3)cc2)n1C. The number of rotatable bonds is 8. The van der Waals surface area contributed by atoms with Gasteiger partial charge in [-0.05, 0) is 50.2 Å². The fraction of sp³-hybridized carbons (Fsp3) is 0.250. The molecule has 1 heterocycles. The second kappa shape index (κ2) is 9.31. The lowest BCUT2D eigenvalue weighted by Gasteiger charge is -2.09. The summed E-state index contributed by atoms with van der Waals surface area (Å²) in [5.74, 6) is 0.450. The zero-order chi connectivity index (χ0) is 21.7. The molecule has 0 spiro atoms. The molecule has 2 aromatic carbocycles. The number of aromatic nitrogens is 3. The van der Waals surface area contributed by atoms with E-state index >= 15 is 0 Å². The topological polar surface area (TPSA) is 103 Å². The van der Waals surface area contributed by atoms with Crippen molar-refractivity contribution in [2.24, 2.45) is 7.05 Å². The van der Waals surface area contributed by atoms with Crippen LogP contribution in [0, 0.1) is 6.92 Å². The minimum absolute atomic E-state index is 0.152. The molecule has 0 unspecified atom stereocenters. The van der Waals surface area contributed by atoms with E-state index in [-0.39, 0.29) is 16.6 Å². The van der Waals surface area contributed by atoms with Gasteiger partial charge < -0.3 is 9.30 Å². The van der Waals surface area contributed by atoms with Crippen LogP contribution in [0.3, 0.4) is 0 Å². The minimum Gasteiger partial charge on any atom is -0.465 e. The molecule has 1 aromatic heterocycles. The van der Waals surface area contributed by atoms with Crippen molar-refractivity contribution >= 4 is 33.4 Å². The van der Waals surface area contributed by atoms with Crippen LogP contribution in [0.1, 0.15) is 12.5 Å². The van der Waals surface area contributed by atoms with Crippen molar-refractivity contribution in [3.8, 4) is 11.4 Å². The third-order valence-corrected chi connectivity index (χ3v) is 6.58. The van der Waals surface area contributed by atoms with E-state index in [1.807, 2.05) is 6.92 Å². The molecule has 8 nitrogen and oxygen atoms in total. The number of hydrogen-bond acceptors (Lipinski definition) is 7. The minimum atomic E-state index is -3.66. The molecule has 0 aliphatic heterocycles. The highest BCUT2D eigenvalue weighted by Gasteiger charge is 2.16. The normalized spacial score (nSPS) is 11.3. The Kier molecular flexibility index (Phi) is 6.78. The van der Waals surface area contributed by atoms with Crippen molar-refractivity contribution in [2.75, 3.05) is 17.1 Å². The van der Waals surface area contributed by atoms with E-state index in [1.165, 1.54) is 11.8 Å². The number of thioether (sulfide) groups is 1. The Hall–Kier alpha value is -2.85. The molecule has 0 bridgehead atoms. The van der Waals surface area contributed by atoms with Gasteiger partial charge in [0.05, 0.1) is 17.3 Å². The monoisotopic (exact) mass is 446 g/mol. The van der Waals surface area contributed by atoms with Crippen LogP contribution in [-0.2, 0) is 26.6 Å². The Bertz CT molecular complexity index is 1120. The van der Waals surface area contributed by atoms with Crippen molar-refractivity contribution in [2.45, 2.75) is 23.9 Å². The molecular weight excluding hydrogens is 424 g/mol. The second-order valence-electron chi connectivity index (χ2n) is 6.45. The van der Waals surface area contributed by atoms with Crippen LogP contribution >= 0.6 is 11.8 Å². The lowest BCUT2D eigenvalue weighted by atomic mass is 10.2. The van der Waals surface area contributed by atoms with Crippen LogP contribution in [0.25, 0.3) is 11.4 Å². The van der Waals surface area contributed by atoms with Crippen LogP contribution in [0.15, 0.2) is 58.6 Å². The Morgan fingerprint density at radius 1 is 1.10 bits per heavy atom. The first kappa shape index (κ1) is 21.8. The number of nitrogens with one attached hydrogen (secondary N) is 1. The van der Waals surface area contributed by atoms with Gasteiger partial charge in [0.2, 0.25) is 0 Å². The maximum absolute atomic E-state index is 12.5. The maximum Gasteiger partial charge on any atom is 0.316 e. The summed E-state index contributed by atoms with van der Waals surface area (Å²) in [6, 6.07) is 13.5. The molecule has 0 radical (unpaired) electrons. The number of hydrogen-bond donors (Lipinski definition) is 1. The van der Waals surface area contributed by atoms with Crippen LogP contribution in [0.4, 0.5) is 5.69 Å². The third-order valence-electron chi connectivity index (χ3n) is 4.19. The summed E-state index contributed by atoms with van der Waals surface area (Å²) in [5, 5.41) is 8.87. The first-order chi connectivity index (χ1) is 14.3. The van der Waals surface area contributed by atoms with Gasteiger partial charge in [-0.15, -0.1) is 10.2 Å². The van der Waals surface area contributed by atoms with Crippen molar-refractivity contribution in [1.29, 1.82) is 0 Å². The summed E-state index contributed by atoms with van der Waals surface area (Å²) >= 11 is 1.24. The Morgan fingerprint density at radius 3 is 2.40 bits per heavy atom. The van der Waals surface area contributed by atoms with Gasteiger partial charge in [0, 0.05) is 18.3 Å². The average molecular weight is 447 g/mol. The first-order valence-corrected chi connectivity index (χ1v) is 11.6. The molecule has 0 aliphatic carbocycles. The molecule has 0 amide bonds. The first-order valence-electron chi connectivity index (χ1n) is 9.18. The number of esters is 1. The zero-order valence-electron chi connectivity index (χ0n) is 16.8. The van der Waals surface area contributed by atoms with E-state index in [1.54, 1.807) is 67.1 Å². The second-order valence-corrected chi connectivity index (χ2v) is 9.08. The van der Waals surface area contributed by atoms with Gasteiger partial charge in [-0.1, -0.05) is 29.5 Å². The third kappa shape index (κ3) is 5.19. The predicted molar refractivity (Wildman–Crippen MR) is 116 cm³/mol. The summed E-state index contributed by atoms with van der Waals surface area (Å²) in [6.07, 6.45) is 0. The maximum atomic E-state index is 12.5. The molecule has 30 heavy (non-hydrogen) atoms. The van der Waals surface area contributed by atoms with Crippen LogP contribution < -0.4 is 4.72 Å². The highest BCUT2D eigenvalue weighted by Crippen LogP contribution is 2.25. The highest BCUT2D eigenvalue weighted by molar-refractivity contribution is 7.99. The molecule has 158 valence electrons. The predicted octanol–water partition coefficient (Wildman–Crippen LogP) is 3.25. The van der Waals surface area contributed by atoms with Crippen molar-refractivity contribution in [1.82, 2.24) is 14.8 Å². The van der Waals surface area contributed by atoms with Crippen molar-refractivity contribution < 1.29 is 17.9 Å². The largest absolute Gasteiger partial charge is 0.465 e. The smallest absolute Gasteiger partial charge is 0.316 e. The molecule has 1 N–H and O–H groups in total. The van der Waals surface area contributed by atoms with Crippen LogP contribution in [0.5, 0.6) is 0 Å². The molecule has 10 heteroatoms. The molecule has 3 aromatic rings. The Morgan fingerprint density at radius 2 is 1.77 bits per heavy atom. The van der Waals surface area contributed by atoms with E-state index in [9.17, 15) is 13.2 Å². The van der Waals surface area contributed by atoms with Crippen molar-refractivity contribution in [3.63, 3.8) is 0 Å². The van der Waals surface area contributed by atoms with Gasteiger partial charge in [-0.2, -0.15) is 0 Å². The molecule has 0 aliphatic rings. The van der Waals surface area contributed by atoms with Gasteiger partial charge in [-0.3, -0.25) is 9.52 Å². The Labute approximate surface area is 179 Å². The molecular formula is C20H22N4O4S2. The highest BCUT2D eigenvalue weighted by atomic mass is 32.2. The van der Waals surface area contributed by atoms with Gasteiger partial charge in [0.25, 0.3) is 10.0 Å². The van der Waals surface area contributed by atoms with E-state index in [4.69, 9.17) is 4.74 Å². The van der Waals surface area contributed by atoms with E-state index in [2.05, 4.69) is 14.9 Å². The number of carbonyl (C=O) groups is 1. The quantitative estimate of drug-likeness (QED) is 0.418. The number of sulfonamides is 1. The van der Waals surface area contributed by atoms with Gasteiger partial charge in [0.1, 0.15) is 0 Å². The fourth-order valence-corrected chi connectivity index (χ4v) is 4.40. The van der Waals surface area contributed by atoms with Gasteiger partial charge in [-0.25, -0.2) is 8.42 Å². The Balaban J connectivity index is 1.71. The number of anilines is 1. The number of ether oxygens (including phenoxy) is 1. The van der Waals surface area contributed by atoms with Gasteiger partial charge in [0.15, 0.2) is 11.0 Å². The van der Waals surface area contributed by atoms with Crippen molar-refractivity contribution in [3.05, 3.63) is 54.1 Å². The molecule has 0 atom stereocenters. The number of carbonyl (C=O) groups excluding carboxylic acids is 1. The standard InChI is InChI=1S/C20H22N4O4S2/c1-4-28-18(25)13-29-20-22-21-19(24(20)3)15-7-9-16(10-8-15)23-30(26,27)17-11-5-14(2)6-12-17/h5-12,23H,4,13H2,1-3H3. The molecule has 0 fully saturated rings. The number of benzene rings is 2. The number of aryl methyl sites for hydroxylation is 1.